The van der Waals surface area contributed by atoms with Crippen LogP contribution < -0.4 is 4.74 Å². The standard InChI is InChI=1S/C23H21ClF3NO3/c1-22(2)17(12-19(24)23(25,26)27)20(22)21(29)31-18(13-28)14-7-6-10-16(11-14)30-15-8-4-3-5-9-15/h3-11,17-20H,12H2,1-2H3/t17?,18-,19?,20?/m0/s1. The lowest BCUT2D eigenvalue weighted by atomic mass is 10.1. The van der Waals surface area contributed by atoms with Crippen LogP contribution in [0.1, 0.15) is 31.9 Å². The molecule has 3 rings (SSSR count). The maximum atomic E-state index is 12.8. The smallest absolute Gasteiger partial charge is 0.404 e. The van der Waals surface area contributed by atoms with E-state index in [4.69, 9.17) is 21.1 Å². The number of esters is 1. The molecule has 0 heterocycles. The molecule has 0 N–H and O–H groups in total. The molecule has 31 heavy (non-hydrogen) atoms. The van der Waals surface area contributed by atoms with E-state index in [-0.39, 0.29) is 6.42 Å². The topological polar surface area (TPSA) is 59.3 Å². The van der Waals surface area contributed by atoms with Crippen LogP contribution in [0.5, 0.6) is 11.5 Å². The third-order valence-corrected chi connectivity index (χ3v) is 6.04. The molecule has 3 unspecified atom stereocenters. The van der Waals surface area contributed by atoms with Crippen molar-refractivity contribution in [3.05, 3.63) is 60.2 Å². The zero-order valence-corrected chi connectivity index (χ0v) is 17.7. The number of halogens is 4. The van der Waals surface area contributed by atoms with Gasteiger partial charge in [0.05, 0.1) is 5.92 Å². The highest BCUT2D eigenvalue weighted by Gasteiger charge is 2.64. The van der Waals surface area contributed by atoms with Crippen LogP contribution in [0.3, 0.4) is 0 Å². The zero-order valence-electron chi connectivity index (χ0n) is 16.9. The molecular formula is C23H21ClF3NO3. The molecule has 8 heteroatoms. The molecule has 0 aliphatic heterocycles. The van der Waals surface area contributed by atoms with Gasteiger partial charge in [-0.2, -0.15) is 18.4 Å². The van der Waals surface area contributed by atoms with Gasteiger partial charge in [-0.15, -0.1) is 11.6 Å². The fourth-order valence-electron chi connectivity index (χ4n) is 3.73. The molecule has 1 aliphatic rings. The van der Waals surface area contributed by atoms with E-state index < -0.39 is 40.9 Å². The molecule has 0 amide bonds. The first-order valence-electron chi connectivity index (χ1n) is 9.67. The largest absolute Gasteiger partial charge is 0.457 e. The Bertz CT molecular complexity index is 972. The Labute approximate surface area is 183 Å². The summed E-state index contributed by atoms with van der Waals surface area (Å²) in [7, 11) is 0. The molecule has 2 aromatic carbocycles. The number of carbonyl (C=O) groups excluding carboxylic acids is 1. The van der Waals surface area contributed by atoms with E-state index in [0.29, 0.717) is 17.1 Å². The molecule has 4 atom stereocenters. The Balaban J connectivity index is 1.68. The Morgan fingerprint density at radius 2 is 1.81 bits per heavy atom. The Morgan fingerprint density at radius 3 is 2.42 bits per heavy atom. The van der Waals surface area contributed by atoms with Crippen molar-refractivity contribution >= 4 is 17.6 Å². The van der Waals surface area contributed by atoms with E-state index in [9.17, 15) is 23.2 Å². The Morgan fingerprint density at radius 1 is 1.16 bits per heavy atom. The van der Waals surface area contributed by atoms with Gasteiger partial charge in [0.1, 0.15) is 22.9 Å². The van der Waals surface area contributed by atoms with Gasteiger partial charge in [-0.05, 0) is 42.0 Å². The second kappa shape index (κ2) is 8.80. The first kappa shape index (κ1) is 23.0. The van der Waals surface area contributed by atoms with E-state index in [1.54, 1.807) is 50.2 Å². The number of benzene rings is 2. The molecule has 1 saturated carbocycles. The number of hydrogen-bond donors (Lipinski definition) is 0. The second-order valence-corrected chi connectivity index (χ2v) is 8.61. The van der Waals surface area contributed by atoms with Crippen molar-refractivity contribution in [2.75, 3.05) is 0 Å². The molecule has 1 aliphatic carbocycles. The number of rotatable bonds is 7. The van der Waals surface area contributed by atoms with Crippen LogP contribution in [-0.2, 0) is 9.53 Å². The molecule has 1 fully saturated rings. The SMILES string of the molecule is CC1(C)C(CC(Cl)C(F)(F)F)C1C(=O)O[C@@H](C#N)c1cccc(Oc2ccccc2)c1. The van der Waals surface area contributed by atoms with Gasteiger partial charge >= 0.3 is 12.1 Å². The van der Waals surface area contributed by atoms with Crippen molar-refractivity contribution in [1.29, 1.82) is 5.26 Å². The van der Waals surface area contributed by atoms with Gasteiger partial charge in [-0.3, -0.25) is 4.79 Å². The van der Waals surface area contributed by atoms with Gasteiger partial charge in [0.2, 0.25) is 6.10 Å². The monoisotopic (exact) mass is 451 g/mol. The number of carbonyl (C=O) groups is 1. The Kier molecular flexibility index (Phi) is 6.51. The summed E-state index contributed by atoms with van der Waals surface area (Å²) in [6.45, 7) is 3.39. The van der Waals surface area contributed by atoms with Gasteiger partial charge in [0.15, 0.2) is 0 Å². The maximum absolute atomic E-state index is 12.8. The predicted molar refractivity (Wildman–Crippen MR) is 108 cm³/mol. The van der Waals surface area contributed by atoms with E-state index in [1.807, 2.05) is 24.3 Å². The van der Waals surface area contributed by atoms with Gasteiger partial charge in [0, 0.05) is 5.56 Å². The number of alkyl halides is 4. The third kappa shape index (κ3) is 5.31. The molecule has 0 spiro atoms. The van der Waals surface area contributed by atoms with Crippen molar-refractivity contribution in [1.82, 2.24) is 0 Å². The van der Waals surface area contributed by atoms with Gasteiger partial charge in [-0.25, -0.2) is 0 Å². The zero-order chi connectivity index (χ0) is 22.8. The second-order valence-electron chi connectivity index (χ2n) is 8.08. The van der Waals surface area contributed by atoms with Gasteiger partial charge in [-0.1, -0.05) is 44.2 Å². The molecular weight excluding hydrogens is 431 g/mol. The number of hydrogen-bond acceptors (Lipinski definition) is 4. The molecule has 2 aromatic rings. The summed E-state index contributed by atoms with van der Waals surface area (Å²) in [4.78, 5) is 12.7. The van der Waals surface area contributed by atoms with Crippen LogP contribution >= 0.6 is 11.6 Å². The summed E-state index contributed by atoms with van der Waals surface area (Å²) < 4.78 is 49.5. The number of ether oxygens (including phenoxy) is 2. The van der Waals surface area contributed by atoms with Crippen molar-refractivity contribution < 1.29 is 27.4 Å². The molecule has 0 aromatic heterocycles. The number of nitrogens with zero attached hydrogens (tertiary/aromatic N) is 1. The van der Waals surface area contributed by atoms with E-state index in [2.05, 4.69) is 0 Å². The predicted octanol–water partition coefficient (Wildman–Crippen LogP) is 6.42. The van der Waals surface area contributed by atoms with Crippen molar-refractivity contribution in [2.45, 2.75) is 37.9 Å². The summed E-state index contributed by atoms with van der Waals surface area (Å²) >= 11 is 5.46. The van der Waals surface area contributed by atoms with E-state index in [1.165, 1.54) is 0 Å². The molecule has 164 valence electrons. The highest BCUT2D eigenvalue weighted by Crippen LogP contribution is 2.62. The fraction of sp³-hybridized carbons (Fsp3) is 0.391. The van der Waals surface area contributed by atoms with Crippen LogP contribution in [0.2, 0.25) is 0 Å². The summed E-state index contributed by atoms with van der Waals surface area (Å²) in [5.41, 5.74) is -0.280. The summed E-state index contributed by atoms with van der Waals surface area (Å²) in [6.07, 6.45) is -6.13. The van der Waals surface area contributed by atoms with Gasteiger partial charge in [0.25, 0.3) is 0 Å². The van der Waals surface area contributed by atoms with E-state index >= 15 is 0 Å². The van der Waals surface area contributed by atoms with Crippen LogP contribution in [0, 0.1) is 28.6 Å². The lowest BCUT2D eigenvalue weighted by Crippen LogP contribution is -2.24. The highest BCUT2D eigenvalue weighted by molar-refractivity contribution is 6.21. The maximum Gasteiger partial charge on any atom is 0.404 e. The summed E-state index contributed by atoms with van der Waals surface area (Å²) in [5, 5.41) is 7.49. The quantitative estimate of drug-likeness (QED) is 0.360. The van der Waals surface area contributed by atoms with Crippen molar-refractivity contribution in [3.8, 4) is 17.6 Å². The van der Waals surface area contributed by atoms with Crippen LogP contribution in [0.25, 0.3) is 0 Å². The fourth-order valence-corrected chi connectivity index (χ4v) is 3.92. The minimum Gasteiger partial charge on any atom is -0.457 e. The van der Waals surface area contributed by atoms with Crippen molar-refractivity contribution in [3.63, 3.8) is 0 Å². The van der Waals surface area contributed by atoms with Gasteiger partial charge < -0.3 is 9.47 Å². The van der Waals surface area contributed by atoms with Crippen LogP contribution in [0.15, 0.2) is 54.6 Å². The third-order valence-electron chi connectivity index (χ3n) is 5.61. The molecule has 0 radical (unpaired) electrons. The normalized spacial score (nSPS) is 21.5. The molecule has 0 bridgehead atoms. The highest BCUT2D eigenvalue weighted by atomic mass is 35.5. The van der Waals surface area contributed by atoms with Crippen molar-refractivity contribution in [2.24, 2.45) is 17.3 Å². The summed E-state index contributed by atoms with van der Waals surface area (Å²) in [5.74, 6) is -0.971. The Hall–Kier alpha value is -2.72. The van der Waals surface area contributed by atoms with E-state index in [0.717, 1.165) is 0 Å². The minimum absolute atomic E-state index is 0.380. The number of nitriles is 1. The molecule has 0 saturated heterocycles. The average molecular weight is 452 g/mol. The lowest BCUT2D eigenvalue weighted by Gasteiger charge is -2.14. The average Bonchev–Trinajstić information content (AvgIpc) is 3.26. The minimum atomic E-state index is -4.54. The number of para-hydroxylation sites is 1. The summed E-state index contributed by atoms with van der Waals surface area (Å²) in [6, 6.07) is 17.5. The van der Waals surface area contributed by atoms with Crippen LogP contribution in [0.4, 0.5) is 13.2 Å². The first-order chi connectivity index (χ1) is 14.5. The van der Waals surface area contributed by atoms with Crippen LogP contribution in [-0.4, -0.2) is 17.5 Å². The first-order valence-corrected chi connectivity index (χ1v) is 10.1. The lowest BCUT2D eigenvalue weighted by molar-refractivity contribution is -0.150. The molecule has 4 nitrogen and oxygen atoms in total.